The average Bonchev–Trinajstić information content (AvgIpc) is 3.19. The topological polar surface area (TPSA) is 138 Å². The minimum Gasteiger partial charge on any atom is -0.467 e. The van der Waals surface area contributed by atoms with E-state index in [9.17, 15) is 4.57 Å². The number of hydrogen-bond acceptors (Lipinski definition) is 12. The van der Waals surface area contributed by atoms with Crippen molar-refractivity contribution in [1.82, 2.24) is 19.5 Å². The fraction of sp³-hybridized carbons (Fsp3) is 0.706. The highest BCUT2D eigenvalue weighted by Gasteiger charge is 2.25. The van der Waals surface area contributed by atoms with E-state index >= 15 is 0 Å². The lowest BCUT2D eigenvalue weighted by molar-refractivity contribution is 0.128. The summed E-state index contributed by atoms with van der Waals surface area (Å²) < 4.78 is 36.7. The summed E-state index contributed by atoms with van der Waals surface area (Å²) in [7, 11) is -2.95. The Hall–Kier alpha value is -0.480. The zero-order chi connectivity index (χ0) is 24.1. The highest BCUT2D eigenvalue weighted by molar-refractivity contribution is 8.29. The minimum atomic E-state index is -3.54. The standard InChI is InChI=1S/C17H29N4O7PS4/c1-25-17-18-12-15-16(20-17)21(13-19-15)2-5-26-14-29(24,27-6-10-32(30)8-3-22)28-7-11-33(31)9-4-23/h12-13,22-23H,2-11,14H2,1H3. The normalized spacial score (nSPS) is 15.4. The fourth-order valence-electron chi connectivity index (χ4n) is 2.50. The van der Waals surface area contributed by atoms with E-state index in [1.54, 1.807) is 17.1 Å². The van der Waals surface area contributed by atoms with Crippen LogP contribution in [0.15, 0.2) is 12.5 Å². The Bertz CT molecular complexity index is 937. The molecular formula is C17H29N4O7PS4. The predicted molar refractivity (Wildman–Crippen MR) is 135 cm³/mol. The SMILES string of the molecule is COc1ncc2ncn(CCOCP(=O)(OCCS(=S)CCO)OCCS(=S)CCO)c2n1. The number of methoxy groups -OCH3 is 1. The summed E-state index contributed by atoms with van der Waals surface area (Å²) in [6, 6.07) is 0.236. The second-order valence-electron chi connectivity index (χ2n) is 6.46. The average molecular weight is 561 g/mol. The summed E-state index contributed by atoms with van der Waals surface area (Å²) in [6.07, 6.45) is 2.96. The van der Waals surface area contributed by atoms with Crippen molar-refractivity contribution in [2.75, 3.05) is 69.5 Å². The number of aliphatic hydroxyl groups is 2. The van der Waals surface area contributed by atoms with Crippen molar-refractivity contribution >= 4 is 60.0 Å². The van der Waals surface area contributed by atoms with Gasteiger partial charge >= 0.3 is 13.6 Å². The Morgan fingerprint density at radius 1 is 1.03 bits per heavy atom. The molecule has 0 saturated carbocycles. The summed E-state index contributed by atoms with van der Waals surface area (Å²) in [6.45, 7) is 0.944. The van der Waals surface area contributed by atoms with Crippen molar-refractivity contribution in [3.05, 3.63) is 12.5 Å². The number of aromatic nitrogens is 4. The molecule has 2 unspecified atom stereocenters. The van der Waals surface area contributed by atoms with Gasteiger partial charge in [-0.2, -0.15) is 4.98 Å². The fourth-order valence-corrected chi connectivity index (χ4v) is 6.27. The van der Waals surface area contributed by atoms with Crippen LogP contribution < -0.4 is 4.74 Å². The third-order valence-corrected chi connectivity index (χ3v) is 10.3. The Labute approximate surface area is 206 Å². The van der Waals surface area contributed by atoms with E-state index in [1.807, 2.05) is 0 Å². The molecule has 188 valence electrons. The molecule has 0 aliphatic carbocycles. The van der Waals surface area contributed by atoms with Gasteiger partial charge in [0.1, 0.15) is 11.9 Å². The second-order valence-corrected chi connectivity index (χ2v) is 14.7. The predicted octanol–water partition coefficient (Wildman–Crippen LogP) is 0.180. The Morgan fingerprint density at radius 2 is 1.67 bits per heavy atom. The maximum atomic E-state index is 13.2. The summed E-state index contributed by atoms with van der Waals surface area (Å²) >= 11 is 10.5. The molecule has 0 saturated heterocycles. The number of fused-ring (bicyclic) bond motifs is 1. The maximum absolute atomic E-state index is 13.2. The van der Waals surface area contributed by atoms with Gasteiger partial charge in [0.25, 0.3) is 0 Å². The van der Waals surface area contributed by atoms with Gasteiger partial charge in [-0.05, 0) is 0 Å². The van der Waals surface area contributed by atoms with Gasteiger partial charge in [0.2, 0.25) is 0 Å². The van der Waals surface area contributed by atoms with E-state index in [-0.39, 0.29) is 45.4 Å². The number of rotatable bonds is 18. The molecule has 2 aromatic heterocycles. The van der Waals surface area contributed by atoms with Crippen LogP contribution in [0.1, 0.15) is 0 Å². The molecule has 0 radical (unpaired) electrons. The van der Waals surface area contributed by atoms with Crippen molar-refractivity contribution in [1.29, 1.82) is 0 Å². The van der Waals surface area contributed by atoms with Crippen LogP contribution >= 0.6 is 7.60 Å². The number of aliphatic hydroxyl groups excluding tert-OH is 2. The van der Waals surface area contributed by atoms with Gasteiger partial charge in [0, 0.05) is 29.6 Å². The molecule has 0 bridgehead atoms. The van der Waals surface area contributed by atoms with Crippen LogP contribution in [0.3, 0.4) is 0 Å². The van der Waals surface area contributed by atoms with Crippen molar-refractivity contribution < 1.29 is 33.3 Å². The highest BCUT2D eigenvalue weighted by Crippen LogP contribution is 2.48. The van der Waals surface area contributed by atoms with Gasteiger partial charge in [-0.15, -0.1) is 18.9 Å². The number of imidazole rings is 1. The van der Waals surface area contributed by atoms with Gasteiger partial charge in [0.15, 0.2) is 5.65 Å². The Balaban J connectivity index is 1.89. The summed E-state index contributed by atoms with van der Waals surface area (Å²) in [5.74, 6) is 1.96. The lowest BCUT2D eigenvalue weighted by Crippen LogP contribution is -2.15. The Morgan fingerprint density at radius 3 is 2.24 bits per heavy atom. The minimum absolute atomic E-state index is 0.00954. The summed E-state index contributed by atoms with van der Waals surface area (Å²) in [4.78, 5) is 12.5. The lowest BCUT2D eigenvalue weighted by Gasteiger charge is -2.19. The first-order chi connectivity index (χ1) is 15.9. The van der Waals surface area contributed by atoms with Gasteiger partial charge < -0.3 is 33.3 Å². The molecule has 11 nitrogen and oxygen atoms in total. The molecular weight excluding hydrogens is 531 g/mol. The molecule has 2 atom stereocenters. The number of ether oxygens (including phenoxy) is 2. The molecule has 2 rings (SSSR count). The molecule has 0 amide bonds. The molecule has 0 aromatic carbocycles. The molecule has 2 heterocycles. The van der Waals surface area contributed by atoms with Crippen LogP contribution in [0, 0.1) is 0 Å². The summed E-state index contributed by atoms with van der Waals surface area (Å²) in [5, 5.41) is 18.0. The molecule has 2 N–H and O–H groups in total. The maximum Gasteiger partial charge on any atom is 0.356 e. The van der Waals surface area contributed by atoms with Crippen LogP contribution in [-0.2, 0) is 66.2 Å². The molecule has 0 spiro atoms. The molecule has 33 heavy (non-hydrogen) atoms. The highest BCUT2D eigenvalue weighted by atomic mass is 32.8. The van der Waals surface area contributed by atoms with Crippen LogP contribution in [-0.4, -0.2) is 99.2 Å². The van der Waals surface area contributed by atoms with E-state index in [4.69, 9.17) is 51.1 Å². The van der Waals surface area contributed by atoms with Gasteiger partial charge in [-0.1, -0.05) is 22.4 Å². The first-order valence-corrected chi connectivity index (χ1v) is 16.7. The number of hydrogen-bond donors (Lipinski definition) is 2. The van der Waals surface area contributed by atoms with Crippen LogP contribution in [0.2, 0.25) is 0 Å². The largest absolute Gasteiger partial charge is 0.467 e. The third kappa shape index (κ3) is 10.3. The lowest BCUT2D eigenvalue weighted by atomic mass is 10.5. The molecule has 0 aliphatic rings. The van der Waals surface area contributed by atoms with Crippen LogP contribution in [0.5, 0.6) is 6.01 Å². The van der Waals surface area contributed by atoms with E-state index < -0.39 is 26.5 Å². The molecule has 0 aliphatic heterocycles. The number of nitrogens with zero attached hydrogens (tertiary/aromatic N) is 4. The van der Waals surface area contributed by atoms with Gasteiger partial charge in [-0.25, -0.2) is 9.97 Å². The second kappa shape index (κ2) is 15.5. The zero-order valence-electron chi connectivity index (χ0n) is 18.2. The van der Waals surface area contributed by atoms with E-state index in [0.717, 1.165) is 0 Å². The van der Waals surface area contributed by atoms with Gasteiger partial charge in [0.05, 0.1) is 52.7 Å². The van der Waals surface area contributed by atoms with Crippen LogP contribution in [0.25, 0.3) is 11.2 Å². The molecule has 0 fully saturated rings. The van der Waals surface area contributed by atoms with Crippen molar-refractivity contribution in [2.45, 2.75) is 6.54 Å². The van der Waals surface area contributed by atoms with Gasteiger partial charge in [-0.3, -0.25) is 4.57 Å². The van der Waals surface area contributed by atoms with Crippen LogP contribution in [0.4, 0.5) is 0 Å². The first-order valence-electron chi connectivity index (χ1n) is 10.00. The monoisotopic (exact) mass is 560 g/mol. The van der Waals surface area contributed by atoms with E-state index in [2.05, 4.69) is 15.0 Å². The van der Waals surface area contributed by atoms with Crippen molar-refractivity contribution in [2.24, 2.45) is 0 Å². The quantitative estimate of drug-likeness (QED) is 0.190. The van der Waals surface area contributed by atoms with E-state index in [0.29, 0.717) is 40.7 Å². The third-order valence-electron chi connectivity index (χ3n) is 4.08. The van der Waals surface area contributed by atoms with E-state index in [1.165, 1.54) is 7.11 Å². The Kier molecular flexibility index (Phi) is 13.5. The zero-order valence-corrected chi connectivity index (χ0v) is 22.4. The summed E-state index contributed by atoms with van der Waals surface area (Å²) in [5.41, 5.74) is 1.22. The van der Waals surface area contributed by atoms with Crippen molar-refractivity contribution in [3.63, 3.8) is 0 Å². The molecule has 16 heteroatoms. The first kappa shape index (κ1) is 28.8. The smallest absolute Gasteiger partial charge is 0.356 e. The van der Waals surface area contributed by atoms with Crippen molar-refractivity contribution in [3.8, 4) is 6.01 Å². The molecule has 2 aromatic rings.